The lowest BCUT2D eigenvalue weighted by molar-refractivity contribution is -0.123. The first-order valence-electron chi connectivity index (χ1n) is 4.22. The highest BCUT2D eigenvalue weighted by molar-refractivity contribution is 9.09. The van der Waals surface area contributed by atoms with Crippen LogP contribution in [0, 0.1) is 0 Å². The Hall–Kier alpha value is -0.560. The Bertz CT molecular complexity index is 442. The molecule has 0 aromatic heterocycles. The molecule has 0 bridgehead atoms. The number of sulfone groups is 1. The summed E-state index contributed by atoms with van der Waals surface area (Å²) < 4.78 is 59.7. The molecule has 1 rings (SSSR count). The van der Waals surface area contributed by atoms with Gasteiger partial charge in [-0.3, -0.25) is 0 Å². The van der Waals surface area contributed by atoms with Crippen molar-refractivity contribution in [1.29, 1.82) is 0 Å². The normalized spacial score (nSPS) is 14.8. The van der Waals surface area contributed by atoms with E-state index in [1.165, 1.54) is 24.3 Å². The maximum Gasteiger partial charge on any atom is 0.402 e. The van der Waals surface area contributed by atoms with Crippen molar-refractivity contribution in [1.82, 2.24) is 0 Å². The molecule has 90 valence electrons. The van der Waals surface area contributed by atoms with Crippen molar-refractivity contribution in [2.75, 3.05) is 5.75 Å². The minimum absolute atomic E-state index is 0.108. The van der Waals surface area contributed by atoms with Gasteiger partial charge in [0.25, 0.3) is 0 Å². The lowest BCUT2D eigenvalue weighted by atomic mass is 10.4. The average molecular weight is 317 g/mol. The molecule has 7 heteroatoms. The van der Waals surface area contributed by atoms with Gasteiger partial charge in [0.15, 0.2) is 9.84 Å². The number of benzene rings is 1. The quantitative estimate of drug-likeness (QED) is 0.804. The molecule has 0 saturated heterocycles. The summed E-state index contributed by atoms with van der Waals surface area (Å²) in [6, 6.07) is 7.05. The molecule has 1 aromatic carbocycles. The van der Waals surface area contributed by atoms with E-state index in [2.05, 4.69) is 15.9 Å². The molecule has 1 atom stereocenters. The summed E-state index contributed by atoms with van der Waals surface area (Å²) in [5.74, 6) is -0.999. The lowest BCUT2D eigenvalue weighted by Crippen LogP contribution is -2.30. The van der Waals surface area contributed by atoms with Gasteiger partial charge in [0.05, 0.1) is 10.6 Å². The Morgan fingerprint density at radius 3 is 2.12 bits per heavy atom. The fraction of sp³-hybridized carbons (Fsp3) is 0.333. The molecular weight excluding hydrogens is 309 g/mol. The van der Waals surface area contributed by atoms with Crippen molar-refractivity contribution >= 4 is 25.8 Å². The van der Waals surface area contributed by atoms with Crippen molar-refractivity contribution in [3.05, 3.63) is 30.3 Å². The van der Waals surface area contributed by atoms with Crippen molar-refractivity contribution in [2.24, 2.45) is 0 Å². The first kappa shape index (κ1) is 13.5. The second-order valence-electron chi connectivity index (χ2n) is 3.10. The molecule has 1 unspecified atom stereocenters. The van der Waals surface area contributed by atoms with Crippen LogP contribution in [-0.4, -0.2) is 25.2 Å². The maximum absolute atomic E-state index is 12.2. The highest BCUT2D eigenvalue weighted by atomic mass is 79.9. The zero-order valence-corrected chi connectivity index (χ0v) is 10.3. The molecule has 0 fully saturated rings. The van der Waals surface area contributed by atoms with Crippen LogP contribution in [-0.2, 0) is 9.84 Å². The largest absolute Gasteiger partial charge is 0.402 e. The molecule has 0 spiro atoms. The average Bonchev–Trinajstić information content (AvgIpc) is 2.17. The summed E-state index contributed by atoms with van der Waals surface area (Å²) in [5.41, 5.74) is 0. The van der Waals surface area contributed by atoms with Crippen molar-refractivity contribution in [3.8, 4) is 0 Å². The Kier molecular flexibility index (Phi) is 4.01. The lowest BCUT2D eigenvalue weighted by Gasteiger charge is -2.13. The number of rotatable bonds is 3. The Morgan fingerprint density at radius 1 is 1.19 bits per heavy atom. The van der Waals surface area contributed by atoms with Crippen LogP contribution in [0.15, 0.2) is 35.2 Å². The standard InChI is InChI=1S/C9H8BrF3O2S/c10-8(9(11,12)13)6-16(14,15)7-4-2-1-3-5-7/h1-5,8H,6H2. The summed E-state index contributed by atoms with van der Waals surface area (Å²) in [4.78, 5) is -2.16. The third-order valence-electron chi connectivity index (χ3n) is 1.82. The fourth-order valence-corrected chi connectivity index (χ4v) is 3.39. The summed E-state index contributed by atoms with van der Waals surface area (Å²) in [6.07, 6.45) is -4.57. The van der Waals surface area contributed by atoms with E-state index in [9.17, 15) is 21.6 Å². The molecule has 0 heterocycles. The van der Waals surface area contributed by atoms with E-state index < -0.39 is 26.6 Å². The van der Waals surface area contributed by atoms with Crippen LogP contribution in [0.4, 0.5) is 13.2 Å². The highest BCUT2D eigenvalue weighted by Gasteiger charge is 2.40. The first-order valence-corrected chi connectivity index (χ1v) is 6.79. The number of hydrogen-bond acceptors (Lipinski definition) is 2. The summed E-state index contributed by atoms with van der Waals surface area (Å²) in [5, 5.41) is 0. The van der Waals surface area contributed by atoms with E-state index in [1.54, 1.807) is 6.07 Å². The van der Waals surface area contributed by atoms with Crippen LogP contribution in [0.2, 0.25) is 0 Å². The summed E-state index contributed by atoms with van der Waals surface area (Å²) in [7, 11) is -3.91. The van der Waals surface area contributed by atoms with Gasteiger partial charge in [0.2, 0.25) is 0 Å². The molecule has 0 N–H and O–H groups in total. The van der Waals surface area contributed by atoms with E-state index in [0.717, 1.165) is 0 Å². The van der Waals surface area contributed by atoms with Crippen LogP contribution in [0.3, 0.4) is 0 Å². The number of alkyl halides is 4. The van der Waals surface area contributed by atoms with E-state index in [4.69, 9.17) is 0 Å². The smallest absolute Gasteiger partial charge is 0.224 e. The monoisotopic (exact) mass is 316 g/mol. The van der Waals surface area contributed by atoms with Crippen molar-refractivity contribution < 1.29 is 21.6 Å². The molecule has 1 aromatic rings. The predicted molar refractivity (Wildman–Crippen MR) is 57.3 cm³/mol. The first-order chi connectivity index (χ1) is 7.23. The SMILES string of the molecule is O=S(=O)(CC(Br)C(F)(F)F)c1ccccc1. The molecule has 2 nitrogen and oxygen atoms in total. The van der Waals surface area contributed by atoms with Gasteiger partial charge in [-0.05, 0) is 12.1 Å². The number of hydrogen-bond donors (Lipinski definition) is 0. The molecule has 0 saturated carbocycles. The van der Waals surface area contributed by atoms with Crippen LogP contribution in [0.25, 0.3) is 0 Å². The predicted octanol–water partition coefficient (Wildman–Crippen LogP) is 2.79. The molecular formula is C9H8BrF3O2S. The van der Waals surface area contributed by atoms with E-state index in [1.807, 2.05) is 0 Å². The minimum Gasteiger partial charge on any atom is -0.224 e. The van der Waals surface area contributed by atoms with Crippen molar-refractivity contribution in [3.63, 3.8) is 0 Å². The molecule has 0 radical (unpaired) electrons. The van der Waals surface area contributed by atoms with Crippen LogP contribution in [0.5, 0.6) is 0 Å². The van der Waals surface area contributed by atoms with Gasteiger partial charge in [0.1, 0.15) is 4.83 Å². The van der Waals surface area contributed by atoms with E-state index >= 15 is 0 Å². The second-order valence-corrected chi connectivity index (χ2v) is 6.24. The van der Waals surface area contributed by atoms with Crippen molar-refractivity contribution in [2.45, 2.75) is 15.9 Å². The minimum atomic E-state index is -4.57. The van der Waals surface area contributed by atoms with Gasteiger partial charge in [-0.2, -0.15) is 13.2 Å². The summed E-state index contributed by atoms with van der Waals surface area (Å²) in [6.45, 7) is 0. The Balaban J connectivity index is 2.90. The molecule has 0 aliphatic heterocycles. The Labute approximate surface area is 99.5 Å². The topological polar surface area (TPSA) is 34.1 Å². The molecule has 0 aliphatic carbocycles. The maximum atomic E-state index is 12.2. The van der Waals surface area contributed by atoms with Gasteiger partial charge >= 0.3 is 6.18 Å². The second kappa shape index (κ2) is 4.75. The summed E-state index contributed by atoms with van der Waals surface area (Å²) >= 11 is 2.33. The van der Waals surface area contributed by atoms with Crippen LogP contribution < -0.4 is 0 Å². The molecule has 0 amide bonds. The van der Waals surface area contributed by atoms with E-state index in [0.29, 0.717) is 0 Å². The zero-order chi connectivity index (χ0) is 12.4. The Morgan fingerprint density at radius 2 is 1.69 bits per heavy atom. The van der Waals surface area contributed by atoms with E-state index in [-0.39, 0.29) is 4.90 Å². The molecule has 0 aliphatic rings. The van der Waals surface area contributed by atoms with Gasteiger partial charge < -0.3 is 0 Å². The third kappa shape index (κ3) is 3.48. The van der Waals surface area contributed by atoms with Crippen LogP contribution in [0.1, 0.15) is 0 Å². The fourth-order valence-electron chi connectivity index (χ4n) is 1.01. The van der Waals surface area contributed by atoms with Gasteiger partial charge in [0, 0.05) is 0 Å². The third-order valence-corrected chi connectivity index (χ3v) is 4.86. The molecule has 16 heavy (non-hydrogen) atoms. The van der Waals surface area contributed by atoms with Gasteiger partial charge in [-0.1, -0.05) is 34.1 Å². The van der Waals surface area contributed by atoms with Crippen LogP contribution >= 0.6 is 15.9 Å². The number of halogens is 4. The zero-order valence-electron chi connectivity index (χ0n) is 7.91. The van der Waals surface area contributed by atoms with Gasteiger partial charge in [-0.25, -0.2) is 8.42 Å². The van der Waals surface area contributed by atoms with Gasteiger partial charge in [-0.15, -0.1) is 0 Å². The highest BCUT2D eigenvalue weighted by Crippen LogP contribution is 2.28.